The summed E-state index contributed by atoms with van der Waals surface area (Å²) >= 11 is 0. The van der Waals surface area contributed by atoms with Gasteiger partial charge in [0.2, 0.25) is 0 Å². The van der Waals surface area contributed by atoms with Gasteiger partial charge in [0.15, 0.2) is 0 Å². The van der Waals surface area contributed by atoms with Gasteiger partial charge < -0.3 is 14.2 Å². The quantitative estimate of drug-likeness (QED) is 0.681. The van der Waals surface area contributed by atoms with Crippen molar-refractivity contribution in [3.05, 3.63) is 0 Å². The SMILES string of the molecule is CCOCC(N1CCOCC1)N1CCOCC1. The van der Waals surface area contributed by atoms with Gasteiger partial charge in [-0.3, -0.25) is 9.80 Å². The van der Waals surface area contributed by atoms with Crippen molar-refractivity contribution in [2.24, 2.45) is 0 Å². The van der Waals surface area contributed by atoms with Gasteiger partial charge in [0.25, 0.3) is 0 Å². The summed E-state index contributed by atoms with van der Waals surface area (Å²) in [5.41, 5.74) is 0. The van der Waals surface area contributed by atoms with E-state index in [9.17, 15) is 0 Å². The Hall–Kier alpha value is -0.200. The molecule has 0 bridgehead atoms. The van der Waals surface area contributed by atoms with Gasteiger partial charge in [-0.25, -0.2) is 0 Å². The smallest absolute Gasteiger partial charge is 0.0867 e. The third kappa shape index (κ3) is 3.89. The van der Waals surface area contributed by atoms with Gasteiger partial charge >= 0.3 is 0 Å². The summed E-state index contributed by atoms with van der Waals surface area (Å²) < 4.78 is 16.5. The second-order valence-corrected chi connectivity index (χ2v) is 4.44. The van der Waals surface area contributed by atoms with Crippen LogP contribution in [0.5, 0.6) is 0 Å². The van der Waals surface area contributed by atoms with Crippen LogP contribution in [0.25, 0.3) is 0 Å². The molecule has 5 heteroatoms. The number of hydrogen-bond acceptors (Lipinski definition) is 5. The number of rotatable bonds is 5. The lowest BCUT2D eigenvalue weighted by Gasteiger charge is -2.42. The van der Waals surface area contributed by atoms with Crippen LogP contribution in [-0.4, -0.2) is 81.8 Å². The van der Waals surface area contributed by atoms with Gasteiger partial charge in [0.1, 0.15) is 0 Å². The number of hydrogen-bond donors (Lipinski definition) is 0. The number of ether oxygens (including phenoxy) is 3. The largest absolute Gasteiger partial charge is 0.379 e. The Morgan fingerprint density at radius 2 is 1.41 bits per heavy atom. The predicted octanol–water partition coefficient (Wildman–Crippen LogP) is 0.0134. The normalized spacial score (nSPS) is 24.4. The number of nitrogens with zero attached hydrogens (tertiary/aromatic N) is 2. The third-order valence-electron chi connectivity index (χ3n) is 3.41. The maximum absolute atomic E-state index is 5.64. The lowest BCUT2D eigenvalue weighted by Crippen LogP contribution is -2.57. The summed E-state index contributed by atoms with van der Waals surface area (Å²) in [5.74, 6) is 0. The summed E-state index contributed by atoms with van der Waals surface area (Å²) in [6, 6.07) is 0. The standard InChI is InChI=1S/C12H24N2O3/c1-2-15-11-12(13-3-7-16-8-4-13)14-5-9-17-10-6-14/h12H,2-11H2,1H3. The summed E-state index contributed by atoms with van der Waals surface area (Å²) in [6.07, 6.45) is 0.391. The van der Waals surface area contributed by atoms with Crippen molar-refractivity contribution >= 4 is 0 Å². The second-order valence-electron chi connectivity index (χ2n) is 4.44. The fraction of sp³-hybridized carbons (Fsp3) is 1.00. The molecule has 0 N–H and O–H groups in total. The zero-order valence-corrected chi connectivity index (χ0v) is 10.8. The summed E-state index contributed by atoms with van der Waals surface area (Å²) in [5, 5.41) is 0. The van der Waals surface area contributed by atoms with E-state index < -0.39 is 0 Å². The van der Waals surface area contributed by atoms with Gasteiger partial charge in [0.05, 0.1) is 39.2 Å². The van der Waals surface area contributed by atoms with Gasteiger partial charge in [-0.15, -0.1) is 0 Å². The van der Waals surface area contributed by atoms with Crippen LogP contribution < -0.4 is 0 Å². The van der Waals surface area contributed by atoms with E-state index in [1.165, 1.54) is 0 Å². The molecule has 2 heterocycles. The lowest BCUT2D eigenvalue weighted by molar-refractivity contribution is -0.0914. The molecule has 100 valence electrons. The van der Waals surface area contributed by atoms with E-state index in [2.05, 4.69) is 16.7 Å². The molecule has 2 aliphatic rings. The Morgan fingerprint density at radius 3 is 1.82 bits per heavy atom. The molecule has 2 aliphatic heterocycles. The first-order valence-electron chi connectivity index (χ1n) is 6.63. The highest BCUT2D eigenvalue weighted by molar-refractivity contribution is 4.77. The van der Waals surface area contributed by atoms with Crippen LogP contribution in [0.15, 0.2) is 0 Å². The van der Waals surface area contributed by atoms with Crippen LogP contribution in [0, 0.1) is 0 Å². The zero-order valence-electron chi connectivity index (χ0n) is 10.8. The highest BCUT2D eigenvalue weighted by Gasteiger charge is 2.27. The topological polar surface area (TPSA) is 34.2 Å². The first-order valence-corrected chi connectivity index (χ1v) is 6.63. The van der Waals surface area contributed by atoms with Gasteiger partial charge in [-0.1, -0.05) is 0 Å². The van der Waals surface area contributed by atoms with Crippen molar-refractivity contribution in [1.82, 2.24) is 9.80 Å². The molecular formula is C12H24N2O3. The molecule has 5 nitrogen and oxygen atoms in total. The van der Waals surface area contributed by atoms with E-state index in [0.717, 1.165) is 65.8 Å². The highest BCUT2D eigenvalue weighted by atomic mass is 16.5. The first kappa shape index (κ1) is 13.2. The minimum absolute atomic E-state index is 0.391. The molecule has 0 aromatic carbocycles. The molecule has 2 fully saturated rings. The van der Waals surface area contributed by atoms with Crippen LogP contribution in [-0.2, 0) is 14.2 Å². The lowest BCUT2D eigenvalue weighted by atomic mass is 10.3. The van der Waals surface area contributed by atoms with Crippen LogP contribution in [0.3, 0.4) is 0 Å². The van der Waals surface area contributed by atoms with Crippen molar-refractivity contribution in [3.63, 3.8) is 0 Å². The van der Waals surface area contributed by atoms with E-state index in [4.69, 9.17) is 14.2 Å². The van der Waals surface area contributed by atoms with Gasteiger partial charge in [-0.2, -0.15) is 0 Å². The van der Waals surface area contributed by atoms with Crippen molar-refractivity contribution in [3.8, 4) is 0 Å². The Morgan fingerprint density at radius 1 is 0.941 bits per heavy atom. The van der Waals surface area contributed by atoms with Crippen LogP contribution in [0.2, 0.25) is 0 Å². The van der Waals surface area contributed by atoms with E-state index >= 15 is 0 Å². The van der Waals surface area contributed by atoms with Crippen molar-refractivity contribution in [2.45, 2.75) is 13.1 Å². The molecule has 0 saturated carbocycles. The summed E-state index contributed by atoms with van der Waals surface area (Å²) in [6.45, 7) is 11.0. The molecule has 2 saturated heterocycles. The van der Waals surface area contributed by atoms with E-state index in [1.807, 2.05) is 0 Å². The van der Waals surface area contributed by atoms with E-state index in [-0.39, 0.29) is 0 Å². The minimum Gasteiger partial charge on any atom is -0.379 e. The van der Waals surface area contributed by atoms with Crippen LogP contribution in [0.4, 0.5) is 0 Å². The average Bonchev–Trinajstić information content (AvgIpc) is 2.42. The Bertz CT molecular complexity index is 186. The highest BCUT2D eigenvalue weighted by Crippen LogP contribution is 2.12. The fourth-order valence-electron chi connectivity index (χ4n) is 2.42. The Balaban J connectivity index is 1.90. The molecule has 0 aromatic rings. The van der Waals surface area contributed by atoms with Crippen molar-refractivity contribution in [1.29, 1.82) is 0 Å². The monoisotopic (exact) mass is 244 g/mol. The van der Waals surface area contributed by atoms with Gasteiger partial charge in [-0.05, 0) is 6.92 Å². The Labute approximate surface area is 104 Å². The zero-order chi connectivity index (χ0) is 11.9. The Kier molecular flexibility index (Phi) is 5.67. The summed E-state index contributed by atoms with van der Waals surface area (Å²) in [7, 11) is 0. The van der Waals surface area contributed by atoms with Crippen LogP contribution in [0.1, 0.15) is 6.92 Å². The van der Waals surface area contributed by atoms with Crippen molar-refractivity contribution < 1.29 is 14.2 Å². The van der Waals surface area contributed by atoms with E-state index in [1.54, 1.807) is 0 Å². The predicted molar refractivity (Wildman–Crippen MR) is 65.1 cm³/mol. The molecule has 0 aromatic heterocycles. The molecule has 0 amide bonds. The maximum atomic E-state index is 5.64. The maximum Gasteiger partial charge on any atom is 0.0867 e. The molecule has 0 radical (unpaired) electrons. The molecule has 2 rings (SSSR count). The first-order chi connectivity index (χ1) is 8.42. The average molecular weight is 244 g/mol. The second kappa shape index (κ2) is 7.28. The molecule has 0 unspecified atom stereocenters. The molecule has 17 heavy (non-hydrogen) atoms. The minimum atomic E-state index is 0.391. The van der Waals surface area contributed by atoms with Gasteiger partial charge in [0, 0.05) is 32.8 Å². The third-order valence-corrected chi connectivity index (χ3v) is 3.41. The van der Waals surface area contributed by atoms with Crippen LogP contribution >= 0.6 is 0 Å². The van der Waals surface area contributed by atoms with E-state index in [0.29, 0.717) is 6.17 Å². The fourth-order valence-corrected chi connectivity index (χ4v) is 2.42. The molecule has 0 aliphatic carbocycles. The number of morpholine rings is 2. The molecule has 0 spiro atoms. The van der Waals surface area contributed by atoms with Crippen molar-refractivity contribution in [2.75, 3.05) is 65.8 Å². The molecular weight excluding hydrogens is 220 g/mol. The molecule has 0 atom stereocenters. The summed E-state index contributed by atoms with van der Waals surface area (Å²) in [4.78, 5) is 4.95.